The second-order valence-electron chi connectivity index (χ2n) is 3.16. The van der Waals surface area contributed by atoms with E-state index in [1.807, 2.05) is 24.3 Å². The molecule has 6 heteroatoms. The summed E-state index contributed by atoms with van der Waals surface area (Å²) in [5.41, 5.74) is 12.5. The molecular formula is C10H10BrN5. The largest absolute Gasteiger partial charge is 0.393 e. The van der Waals surface area contributed by atoms with E-state index in [1.54, 1.807) is 0 Å². The number of benzene rings is 1. The summed E-state index contributed by atoms with van der Waals surface area (Å²) in [6, 6.07) is 7.66. The van der Waals surface area contributed by atoms with Gasteiger partial charge in [0, 0.05) is 10.2 Å². The van der Waals surface area contributed by atoms with E-state index in [4.69, 9.17) is 11.5 Å². The zero-order valence-corrected chi connectivity index (χ0v) is 9.90. The van der Waals surface area contributed by atoms with E-state index in [2.05, 4.69) is 31.2 Å². The molecule has 2 aromatic rings. The Morgan fingerprint density at radius 2 is 2.00 bits per heavy atom. The molecule has 0 aliphatic heterocycles. The lowest BCUT2D eigenvalue weighted by molar-refractivity contribution is 1.18. The highest BCUT2D eigenvalue weighted by Crippen LogP contribution is 2.24. The highest BCUT2D eigenvalue weighted by molar-refractivity contribution is 9.10. The zero-order chi connectivity index (χ0) is 11.5. The zero-order valence-electron chi connectivity index (χ0n) is 8.31. The fourth-order valence-corrected chi connectivity index (χ4v) is 1.61. The van der Waals surface area contributed by atoms with E-state index in [0.717, 1.165) is 10.2 Å². The van der Waals surface area contributed by atoms with Crippen LogP contribution in [-0.4, -0.2) is 9.97 Å². The summed E-state index contributed by atoms with van der Waals surface area (Å²) in [5, 5.41) is 3.07. The van der Waals surface area contributed by atoms with Crippen molar-refractivity contribution in [2.24, 2.45) is 0 Å². The van der Waals surface area contributed by atoms with E-state index in [1.165, 1.54) is 6.33 Å². The molecule has 16 heavy (non-hydrogen) atoms. The van der Waals surface area contributed by atoms with Crippen LogP contribution in [0.25, 0.3) is 0 Å². The van der Waals surface area contributed by atoms with Gasteiger partial charge in [-0.1, -0.05) is 22.0 Å². The van der Waals surface area contributed by atoms with Gasteiger partial charge < -0.3 is 16.8 Å². The molecule has 0 aliphatic carbocycles. The second-order valence-corrected chi connectivity index (χ2v) is 4.07. The molecule has 2 rings (SSSR count). The predicted molar refractivity (Wildman–Crippen MR) is 68.3 cm³/mol. The van der Waals surface area contributed by atoms with Crippen molar-refractivity contribution in [3.8, 4) is 0 Å². The minimum Gasteiger partial charge on any atom is -0.393 e. The normalized spacial score (nSPS) is 10.1. The number of nitrogen functional groups attached to an aromatic ring is 2. The maximum atomic E-state index is 5.74. The van der Waals surface area contributed by atoms with Gasteiger partial charge in [-0.2, -0.15) is 0 Å². The Labute approximate surface area is 101 Å². The molecule has 0 spiro atoms. The van der Waals surface area contributed by atoms with Gasteiger partial charge in [-0.15, -0.1) is 0 Å². The number of anilines is 4. The molecule has 5 nitrogen and oxygen atoms in total. The molecule has 0 saturated heterocycles. The SMILES string of the molecule is Nc1ncnc(Nc2cccc(Br)c2)c1N. The van der Waals surface area contributed by atoms with Crippen molar-refractivity contribution >= 4 is 38.9 Å². The molecule has 1 aromatic heterocycles. The van der Waals surface area contributed by atoms with Gasteiger partial charge in [0.2, 0.25) is 0 Å². The smallest absolute Gasteiger partial charge is 0.159 e. The summed E-state index contributed by atoms with van der Waals surface area (Å²) < 4.78 is 0.970. The predicted octanol–water partition coefficient (Wildman–Crippen LogP) is 2.15. The highest BCUT2D eigenvalue weighted by Gasteiger charge is 2.05. The average Bonchev–Trinajstić information content (AvgIpc) is 2.25. The number of hydrogen-bond donors (Lipinski definition) is 3. The van der Waals surface area contributed by atoms with Crippen LogP contribution in [0.15, 0.2) is 35.1 Å². The molecule has 82 valence electrons. The lowest BCUT2D eigenvalue weighted by Crippen LogP contribution is -2.04. The van der Waals surface area contributed by atoms with Crippen molar-refractivity contribution in [2.75, 3.05) is 16.8 Å². The van der Waals surface area contributed by atoms with Crippen molar-refractivity contribution in [3.05, 3.63) is 35.1 Å². The quantitative estimate of drug-likeness (QED) is 0.784. The first-order valence-corrected chi connectivity index (χ1v) is 5.34. The van der Waals surface area contributed by atoms with Gasteiger partial charge in [-0.3, -0.25) is 0 Å². The first-order valence-electron chi connectivity index (χ1n) is 4.55. The first-order chi connectivity index (χ1) is 7.66. The summed E-state index contributed by atoms with van der Waals surface area (Å²) in [6.45, 7) is 0. The first kappa shape index (κ1) is 10.7. The Morgan fingerprint density at radius 1 is 1.19 bits per heavy atom. The van der Waals surface area contributed by atoms with Gasteiger partial charge in [0.25, 0.3) is 0 Å². The summed E-state index contributed by atoms with van der Waals surface area (Å²) in [7, 11) is 0. The summed E-state index contributed by atoms with van der Waals surface area (Å²) in [5.74, 6) is 0.776. The molecule has 1 heterocycles. The number of halogens is 1. The van der Waals surface area contributed by atoms with Crippen molar-refractivity contribution in [1.29, 1.82) is 0 Å². The van der Waals surface area contributed by atoms with Crippen LogP contribution in [0, 0.1) is 0 Å². The Bertz CT molecular complexity index is 514. The standard InChI is InChI=1S/C10H10BrN5/c11-6-2-1-3-7(4-6)16-10-8(12)9(13)14-5-15-10/h1-5H,12H2,(H3,13,14,15,16). The van der Waals surface area contributed by atoms with Gasteiger partial charge in [-0.05, 0) is 18.2 Å². The van der Waals surface area contributed by atoms with Crippen LogP contribution in [-0.2, 0) is 0 Å². The molecule has 0 radical (unpaired) electrons. The fraction of sp³-hybridized carbons (Fsp3) is 0. The third kappa shape index (κ3) is 2.22. The topological polar surface area (TPSA) is 89.8 Å². The molecule has 0 fully saturated rings. The van der Waals surface area contributed by atoms with E-state index in [-0.39, 0.29) is 5.82 Å². The van der Waals surface area contributed by atoms with Crippen LogP contribution < -0.4 is 16.8 Å². The Morgan fingerprint density at radius 3 is 2.75 bits per heavy atom. The molecule has 0 bridgehead atoms. The number of nitrogens with zero attached hydrogens (tertiary/aromatic N) is 2. The van der Waals surface area contributed by atoms with Crippen LogP contribution in [0.5, 0.6) is 0 Å². The average molecular weight is 280 g/mol. The van der Waals surface area contributed by atoms with Crippen LogP contribution in [0.2, 0.25) is 0 Å². The Hall–Kier alpha value is -1.82. The lowest BCUT2D eigenvalue weighted by Gasteiger charge is -2.08. The third-order valence-electron chi connectivity index (χ3n) is 2.00. The van der Waals surface area contributed by atoms with E-state index in [0.29, 0.717) is 11.5 Å². The molecule has 0 aliphatic rings. The highest BCUT2D eigenvalue weighted by atomic mass is 79.9. The number of hydrogen-bond acceptors (Lipinski definition) is 5. The van der Waals surface area contributed by atoms with E-state index in [9.17, 15) is 0 Å². The number of rotatable bonds is 2. The van der Waals surface area contributed by atoms with Crippen LogP contribution in [0.3, 0.4) is 0 Å². The van der Waals surface area contributed by atoms with E-state index >= 15 is 0 Å². The van der Waals surface area contributed by atoms with Crippen molar-refractivity contribution < 1.29 is 0 Å². The summed E-state index contributed by atoms with van der Waals surface area (Å²) in [4.78, 5) is 7.81. The van der Waals surface area contributed by atoms with Gasteiger partial charge in [0.15, 0.2) is 11.6 Å². The molecule has 0 atom stereocenters. The summed E-state index contributed by atoms with van der Waals surface area (Å²) in [6.07, 6.45) is 1.37. The summed E-state index contributed by atoms with van der Waals surface area (Å²) >= 11 is 3.38. The molecular weight excluding hydrogens is 270 g/mol. The maximum absolute atomic E-state index is 5.74. The minimum absolute atomic E-state index is 0.271. The number of nitrogens with one attached hydrogen (secondary N) is 1. The van der Waals surface area contributed by atoms with Gasteiger partial charge in [-0.25, -0.2) is 9.97 Å². The molecule has 0 unspecified atom stereocenters. The van der Waals surface area contributed by atoms with Crippen LogP contribution >= 0.6 is 15.9 Å². The Kier molecular flexibility index (Phi) is 2.91. The van der Waals surface area contributed by atoms with Gasteiger partial charge >= 0.3 is 0 Å². The van der Waals surface area contributed by atoms with Crippen LogP contribution in [0.4, 0.5) is 23.0 Å². The van der Waals surface area contributed by atoms with Crippen molar-refractivity contribution in [2.45, 2.75) is 0 Å². The van der Waals surface area contributed by atoms with Crippen molar-refractivity contribution in [3.63, 3.8) is 0 Å². The van der Waals surface area contributed by atoms with Crippen LogP contribution in [0.1, 0.15) is 0 Å². The number of aromatic nitrogens is 2. The fourth-order valence-electron chi connectivity index (χ4n) is 1.21. The maximum Gasteiger partial charge on any atom is 0.159 e. The van der Waals surface area contributed by atoms with Gasteiger partial charge in [0.1, 0.15) is 12.0 Å². The second kappa shape index (κ2) is 4.36. The minimum atomic E-state index is 0.271. The van der Waals surface area contributed by atoms with Crippen molar-refractivity contribution in [1.82, 2.24) is 9.97 Å². The number of nitrogens with two attached hydrogens (primary N) is 2. The third-order valence-corrected chi connectivity index (χ3v) is 2.50. The van der Waals surface area contributed by atoms with E-state index < -0.39 is 0 Å². The lowest BCUT2D eigenvalue weighted by atomic mass is 10.3. The molecule has 0 amide bonds. The Balaban J connectivity index is 2.31. The molecule has 0 saturated carbocycles. The monoisotopic (exact) mass is 279 g/mol. The molecule has 1 aromatic carbocycles. The molecule has 5 N–H and O–H groups in total. The van der Waals surface area contributed by atoms with Gasteiger partial charge in [0.05, 0.1) is 0 Å².